The molecule has 5 nitrogen and oxygen atoms in total. The highest BCUT2D eigenvalue weighted by atomic mass is 127. The number of esters is 1. The third-order valence-corrected chi connectivity index (χ3v) is 3.97. The van der Waals surface area contributed by atoms with Crippen LogP contribution in [0.4, 0.5) is 4.79 Å². The highest BCUT2D eigenvalue weighted by molar-refractivity contribution is 14.1. The average Bonchev–Trinajstić information content (AvgIpc) is 2.25. The molecule has 1 saturated heterocycles. The Hall–Kier alpha value is -0.530. The fourth-order valence-corrected chi connectivity index (χ4v) is 2.86. The number of hydrogen-bond acceptors (Lipinski definition) is 4. The van der Waals surface area contributed by atoms with Crippen molar-refractivity contribution in [3.8, 4) is 0 Å². The number of amides is 1. The van der Waals surface area contributed by atoms with E-state index in [1.165, 1.54) is 7.11 Å². The van der Waals surface area contributed by atoms with Gasteiger partial charge in [-0.25, -0.2) is 4.79 Å². The summed E-state index contributed by atoms with van der Waals surface area (Å²) in [6.45, 7) is 6.44. The normalized spacial score (nSPS) is 24.6. The van der Waals surface area contributed by atoms with E-state index in [9.17, 15) is 9.59 Å². The van der Waals surface area contributed by atoms with Crippen LogP contribution in [0.25, 0.3) is 0 Å². The van der Waals surface area contributed by atoms with E-state index in [-0.39, 0.29) is 12.1 Å². The zero-order valence-electron chi connectivity index (χ0n) is 11.3. The lowest BCUT2D eigenvalue weighted by Gasteiger charge is -2.37. The van der Waals surface area contributed by atoms with Crippen molar-refractivity contribution in [3.63, 3.8) is 0 Å². The van der Waals surface area contributed by atoms with Crippen LogP contribution in [0.15, 0.2) is 0 Å². The number of halogens is 1. The van der Waals surface area contributed by atoms with Crippen LogP contribution in [0, 0.1) is 0 Å². The van der Waals surface area contributed by atoms with Crippen LogP contribution in [0.3, 0.4) is 0 Å². The molecule has 0 saturated carbocycles. The number of carbonyl (C=O) groups is 2. The molecule has 1 rings (SSSR count). The zero-order chi connectivity index (χ0) is 14.0. The van der Waals surface area contributed by atoms with E-state index in [2.05, 4.69) is 22.6 Å². The zero-order valence-corrected chi connectivity index (χ0v) is 13.4. The Morgan fingerprint density at radius 3 is 2.44 bits per heavy atom. The van der Waals surface area contributed by atoms with Crippen molar-refractivity contribution < 1.29 is 19.1 Å². The molecule has 0 radical (unpaired) electrons. The first-order chi connectivity index (χ1) is 8.18. The highest BCUT2D eigenvalue weighted by Crippen LogP contribution is 2.32. The molecule has 1 atom stereocenters. The fourth-order valence-electron chi connectivity index (χ4n) is 1.84. The van der Waals surface area contributed by atoms with Crippen LogP contribution in [-0.2, 0) is 14.3 Å². The molecule has 18 heavy (non-hydrogen) atoms. The molecule has 0 aliphatic carbocycles. The van der Waals surface area contributed by atoms with E-state index < -0.39 is 9.02 Å². The third-order valence-electron chi connectivity index (χ3n) is 2.65. The first-order valence-corrected chi connectivity index (χ1v) is 7.01. The van der Waals surface area contributed by atoms with Gasteiger partial charge in [-0.15, -0.1) is 0 Å². The third kappa shape index (κ3) is 4.00. The summed E-state index contributed by atoms with van der Waals surface area (Å²) in [6.07, 6.45) is 1.13. The summed E-state index contributed by atoms with van der Waals surface area (Å²) in [5.41, 5.74) is -0.520. The van der Waals surface area contributed by atoms with Crippen LogP contribution in [0.5, 0.6) is 0 Å². The van der Waals surface area contributed by atoms with Gasteiger partial charge in [0.1, 0.15) is 9.02 Å². The quantitative estimate of drug-likeness (QED) is 0.405. The Morgan fingerprint density at radius 1 is 1.33 bits per heavy atom. The second-order valence-corrected chi connectivity index (χ2v) is 7.53. The van der Waals surface area contributed by atoms with Crippen LogP contribution < -0.4 is 0 Å². The van der Waals surface area contributed by atoms with Crippen molar-refractivity contribution in [1.29, 1.82) is 0 Å². The number of ether oxygens (including phenoxy) is 2. The fraction of sp³-hybridized carbons (Fsp3) is 0.833. The first kappa shape index (κ1) is 15.5. The first-order valence-electron chi connectivity index (χ1n) is 5.93. The second-order valence-electron chi connectivity index (χ2n) is 5.46. The van der Waals surface area contributed by atoms with Crippen LogP contribution >= 0.6 is 22.6 Å². The lowest BCUT2D eigenvalue weighted by Crippen LogP contribution is -2.52. The van der Waals surface area contributed by atoms with Crippen LogP contribution in [-0.4, -0.2) is 46.2 Å². The van der Waals surface area contributed by atoms with Gasteiger partial charge in [0.15, 0.2) is 0 Å². The predicted octanol–water partition coefficient (Wildman–Crippen LogP) is 2.36. The SMILES string of the molecule is COC(=O)C1(I)CCCN(C(=O)OC(C)(C)C)C1. The van der Waals surface area contributed by atoms with Gasteiger partial charge >= 0.3 is 12.1 Å². The van der Waals surface area contributed by atoms with Crippen molar-refractivity contribution in [2.75, 3.05) is 20.2 Å². The smallest absolute Gasteiger partial charge is 0.410 e. The van der Waals surface area contributed by atoms with Gasteiger partial charge in [-0.1, -0.05) is 22.6 Å². The number of carbonyl (C=O) groups excluding carboxylic acids is 2. The van der Waals surface area contributed by atoms with Crippen LogP contribution in [0.1, 0.15) is 33.6 Å². The standard InChI is InChI=1S/C12H20INO4/c1-11(2,3)18-10(16)14-7-5-6-12(13,8-14)9(15)17-4/h5-8H2,1-4H3. The molecule has 1 fully saturated rings. The number of methoxy groups -OCH3 is 1. The summed E-state index contributed by atoms with van der Waals surface area (Å²) in [6, 6.07) is 0. The topological polar surface area (TPSA) is 55.8 Å². The van der Waals surface area contributed by atoms with Gasteiger partial charge in [0, 0.05) is 13.1 Å². The monoisotopic (exact) mass is 369 g/mol. The molecule has 0 aromatic heterocycles. The summed E-state index contributed by atoms with van der Waals surface area (Å²) in [4.78, 5) is 25.3. The van der Waals surface area contributed by atoms with Crippen molar-refractivity contribution >= 4 is 34.7 Å². The molecule has 104 valence electrons. The number of hydrogen-bond donors (Lipinski definition) is 0. The van der Waals surface area contributed by atoms with Crippen molar-refractivity contribution in [1.82, 2.24) is 4.90 Å². The Kier molecular flexibility index (Phi) is 4.85. The molecule has 0 aromatic rings. The van der Waals surface area contributed by atoms with Gasteiger partial charge in [-0.05, 0) is 33.6 Å². The molecule has 0 bridgehead atoms. The number of rotatable bonds is 1. The van der Waals surface area contributed by atoms with E-state index in [4.69, 9.17) is 9.47 Å². The molecule has 1 aliphatic heterocycles. The number of piperidine rings is 1. The minimum Gasteiger partial charge on any atom is -0.468 e. The molecular weight excluding hydrogens is 349 g/mol. The van der Waals surface area contributed by atoms with Gasteiger partial charge in [-0.2, -0.15) is 0 Å². The summed E-state index contributed by atoms with van der Waals surface area (Å²) in [7, 11) is 1.37. The molecular formula is C12H20INO4. The summed E-state index contributed by atoms with van der Waals surface area (Å²) >= 11 is 2.08. The molecule has 1 unspecified atom stereocenters. The maximum atomic E-state index is 12.0. The Bertz CT molecular complexity index is 339. The predicted molar refractivity (Wildman–Crippen MR) is 75.8 cm³/mol. The maximum absolute atomic E-state index is 12.0. The molecule has 1 amide bonds. The summed E-state index contributed by atoms with van der Waals surface area (Å²) < 4.78 is 9.46. The lowest BCUT2D eigenvalue weighted by molar-refractivity contribution is -0.144. The van der Waals surface area contributed by atoms with Crippen molar-refractivity contribution in [2.45, 2.75) is 42.6 Å². The number of alkyl halides is 1. The molecule has 0 spiro atoms. The maximum Gasteiger partial charge on any atom is 0.410 e. The van der Waals surface area contributed by atoms with Gasteiger partial charge in [0.25, 0.3) is 0 Å². The lowest BCUT2D eigenvalue weighted by atomic mass is 9.98. The van der Waals surface area contributed by atoms with E-state index in [0.29, 0.717) is 13.1 Å². The largest absolute Gasteiger partial charge is 0.468 e. The molecule has 1 heterocycles. The van der Waals surface area contributed by atoms with E-state index in [1.807, 2.05) is 20.8 Å². The number of likely N-dealkylation sites (tertiary alicyclic amines) is 1. The Morgan fingerprint density at radius 2 is 1.94 bits per heavy atom. The van der Waals surface area contributed by atoms with E-state index in [0.717, 1.165) is 12.8 Å². The summed E-state index contributed by atoms with van der Waals surface area (Å²) in [5.74, 6) is -0.281. The van der Waals surface area contributed by atoms with Crippen LogP contribution in [0.2, 0.25) is 0 Å². The Labute approximate surface area is 121 Å². The summed E-state index contributed by atoms with van der Waals surface area (Å²) in [5, 5.41) is 0. The van der Waals surface area contributed by atoms with E-state index >= 15 is 0 Å². The van der Waals surface area contributed by atoms with E-state index in [1.54, 1.807) is 4.90 Å². The molecule has 0 aromatic carbocycles. The molecule has 6 heteroatoms. The average molecular weight is 369 g/mol. The van der Waals surface area contributed by atoms with Gasteiger partial charge in [0.2, 0.25) is 0 Å². The second kappa shape index (κ2) is 5.63. The minimum atomic E-state index is -0.651. The minimum absolute atomic E-state index is 0.281. The molecule has 0 N–H and O–H groups in total. The van der Waals surface area contributed by atoms with Gasteiger partial charge in [-0.3, -0.25) is 4.79 Å². The van der Waals surface area contributed by atoms with Gasteiger partial charge in [0.05, 0.1) is 7.11 Å². The van der Waals surface area contributed by atoms with Crippen molar-refractivity contribution in [3.05, 3.63) is 0 Å². The highest BCUT2D eigenvalue weighted by Gasteiger charge is 2.43. The van der Waals surface area contributed by atoms with Gasteiger partial charge < -0.3 is 14.4 Å². The molecule has 1 aliphatic rings. The number of nitrogens with zero attached hydrogens (tertiary/aromatic N) is 1. The Balaban J connectivity index is 2.69. The van der Waals surface area contributed by atoms with Crippen molar-refractivity contribution in [2.24, 2.45) is 0 Å².